The summed E-state index contributed by atoms with van der Waals surface area (Å²) in [6.07, 6.45) is 18.3. The number of aromatic nitrogens is 3. The van der Waals surface area contributed by atoms with Crippen molar-refractivity contribution in [3.8, 4) is 11.3 Å². The van der Waals surface area contributed by atoms with Gasteiger partial charge in [-0.1, -0.05) is 74.6 Å². The highest BCUT2D eigenvalue weighted by atomic mass is 16.5. The summed E-state index contributed by atoms with van der Waals surface area (Å²) in [7, 11) is 0. The molecular weight excluding hydrogens is 989 g/mol. The first-order chi connectivity index (χ1) is 37.8. The number of ketones is 1. The van der Waals surface area contributed by atoms with Gasteiger partial charge in [0.05, 0.1) is 31.5 Å². The van der Waals surface area contributed by atoms with Gasteiger partial charge in [0.2, 0.25) is 5.91 Å². The first-order valence-corrected chi connectivity index (χ1v) is 28.9. The summed E-state index contributed by atoms with van der Waals surface area (Å²) >= 11 is 0. The molecule has 0 saturated heterocycles. The van der Waals surface area contributed by atoms with Crippen LogP contribution in [-0.2, 0) is 79.5 Å². The van der Waals surface area contributed by atoms with Crippen molar-refractivity contribution < 1.29 is 66.4 Å². The summed E-state index contributed by atoms with van der Waals surface area (Å²) in [6, 6.07) is 8.05. The summed E-state index contributed by atoms with van der Waals surface area (Å²) in [5, 5.41) is 9.20. The van der Waals surface area contributed by atoms with Crippen LogP contribution in [0.5, 0.6) is 0 Å². The predicted octanol–water partition coefficient (Wildman–Crippen LogP) is 8.38. The zero-order valence-electron chi connectivity index (χ0n) is 47.6. The number of benzene rings is 1. The Hall–Kier alpha value is -3.50. The number of nitrogens with zero attached hydrogens (tertiary/aromatic N) is 4. The van der Waals surface area contributed by atoms with Gasteiger partial charge < -0.3 is 61.7 Å². The minimum atomic E-state index is -0.296. The molecule has 1 amide bonds. The Kier molecular flexibility index (Phi) is 37.1. The van der Waals surface area contributed by atoms with Gasteiger partial charge in [-0.05, 0) is 76.2 Å². The van der Waals surface area contributed by atoms with Crippen molar-refractivity contribution >= 4 is 11.7 Å². The van der Waals surface area contributed by atoms with E-state index in [-0.39, 0.29) is 29.1 Å². The zero-order valence-corrected chi connectivity index (χ0v) is 47.6. The van der Waals surface area contributed by atoms with Crippen LogP contribution in [0.25, 0.3) is 11.3 Å². The third-order valence-electron chi connectivity index (χ3n) is 12.7. The lowest BCUT2D eigenvalue weighted by Crippen LogP contribution is -2.42. The first-order valence-electron chi connectivity index (χ1n) is 28.9. The summed E-state index contributed by atoms with van der Waals surface area (Å²) in [5.74, 6) is 0.225. The molecule has 4 rings (SSSR count). The van der Waals surface area contributed by atoms with Crippen molar-refractivity contribution in [2.75, 3.05) is 159 Å². The maximum atomic E-state index is 12.8. The van der Waals surface area contributed by atoms with E-state index in [1.165, 1.54) is 0 Å². The molecule has 1 aromatic carbocycles. The molecule has 1 aliphatic carbocycles. The number of fused-ring (bicyclic) bond motifs is 5. The molecule has 0 N–H and O–H groups in total. The molecule has 0 saturated carbocycles. The highest BCUT2D eigenvalue weighted by molar-refractivity contribution is 5.83. The van der Waals surface area contributed by atoms with E-state index in [2.05, 4.69) is 34.6 Å². The molecule has 2 heterocycles. The molecular formula is C59H98N4O14. The van der Waals surface area contributed by atoms with E-state index in [0.717, 1.165) is 93.1 Å². The van der Waals surface area contributed by atoms with Gasteiger partial charge in [-0.15, -0.1) is 5.10 Å². The molecule has 1 aromatic heterocycles. The number of allylic oxidation sites excluding steroid dienone is 2. The van der Waals surface area contributed by atoms with Crippen molar-refractivity contribution in [1.82, 2.24) is 19.9 Å². The Morgan fingerprint density at radius 1 is 0.494 bits per heavy atom. The first kappa shape index (κ1) is 66.0. The molecule has 0 spiro atoms. The van der Waals surface area contributed by atoms with Crippen LogP contribution in [0.4, 0.5) is 0 Å². The molecule has 0 radical (unpaired) electrons. The fourth-order valence-electron chi connectivity index (χ4n) is 8.46. The van der Waals surface area contributed by atoms with Crippen molar-refractivity contribution in [1.29, 1.82) is 0 Å². The van der Waals surface area contributed by atoms with Crippen LogP contribution >= 0.6 is 0 Å². The average Bonchev–Trinajstić information content (AvgIpc) is 3.96. The third kappa shape index (κ3) is 30.1. The number of Topliss-reactive ketones (excluding diaryl/α,β-unsaturated/α-hetero) is 1. The lowest BCUT2D eigenvalue weighted by atomic mass is 9.85. The molecule has 2 atom stereocenters. The van der Waals surface area contributed by atoms with E-state index in [1.807, 2.05) is 54.6 Å². The van der Waals surface area contributed by atoms with Crippen LogP contribution in [0.3, 0.4) is 0 Å². The quantitative estimate of drug-likeness (QED) is 0.0577. The lowest BCUT2D eigenvalue weighted by molar-refractivity contribution is -0.131. The Morgan fingerprint density at radius 2 is 0.844 bits per heavy atom. The Labute approximate surface area is 461 Å². The van der Waals surface area contributed by atoms with Crippen LogP contribution in [0.15, 0.2) is 48.6 Å². The SMILES string of the molecule is CC(=O)N1Cc2ccccc2-c2nnn(CCOCCCOCCCOCCCOCCCOCCCOCCCOCCCOCCCOCCCOCCCOCCCOCCC(=O)C(C)(C)C)c2C2C=CC=CC21. The van der Waals surface area contributed by atoms with Gasteiger partial charge >= 0.3 is 0 Å². The van der Waals surface area contributed by atoms with E-state index in [4.69, 9.17) is 56.8 Å². The van der Waals surface area contributed by atoms with Gasteiger partial charge in [-0.25, -0.2) is 4.68 Å². The molecule has 1 aliphatic heterocycles. The van der Waals surface area contributed by atoms with Crippen molar-refractivity contribution in [2.24, 2.45) is 5.41 Å². The second kappa shape index (κ2) is 43.3. The van der Waals surface area contributed by atoms with Gasteiger partial charge in [-0.3, -0.25) is 9.59 Å². The second-order valence-corrected chi connectivity index (χ2v) is 20.3. The van der Waals surface area contributed by atoms with Crippen LogP contribution in [0.1, 0.15) is 122 Å². The van der Waals surface area contributed by atoms with E-state index in [9.17, 15) is 9.59 Å². The number of carbonyl (C=O) groups is 2. The largest absolute Gasteiger partial charge is 0.381 e. The molecule has 438 valence electrons. The van der Waals surface area contributed by atoms with Crippen LogP contribution in [0.2, 0.25) is 0 Å². The van der Waals surface area contributed by atoms with E-state index >= 15 is 0 Å². The summed E-state index contributed by atoms with van der Waals surface area (Å²) in [5.41, 5.74) is 3.67. The van der Waals surface area contributed by atoms with Gasteiger partial charge in [0, 0.05) is 182 Å². The Bertz CT molecular complexity index is 1860. The number of amides is 1. The molecule has 2 aromatic rings. The standard InChI is InChI=1S/C59H98N4O14/c1-51(64)62-50-52-20-5-6-21-53(52)57-58(54-22-7-8-23-55(54)62)63(61-60-57)25-49-77-47-19-45-75-43-17-41-73-39-15-37-71-35-13-33-69-31-11-29-67-27-9-26-66-28-10-30-68-32-12-34-70-36-14-38-72-40-16-42-74-44-18-46-76-48-24-56(65)59(2,3)4/h5-8,20-23,54-55H,9-19,24-50H2,1-4H3. The number of hydrogen-bond donors (Lipinski definition) is 0. The maximum Gasteiger partial charge on any atom is 0.220 e. The molecule has 18 heteroatoms. The predicted molar refractivity (Wildman–Crippen MR) is 296 cm³/mol. The monoisotopic (exact) mass is 1090 g/mol. The zero-order chi connectivity index (χ0) is 54.7. The molecule has 2 unspecified atom stereocenters. The van der Waals surface area contributed by atoms with E-state index < -0.39 is 0 Å². The molecule has 0 fully saturated rings. The van der Waals surface area contributed by atoms with Crippen LogP contribution < -0.4 is 0 Å². The lowest BCUT2D eigenvalue weighted by Gasteiger charge is -2.37. The fourth-order valence-corrected chi connectivity index (χ4v) is 8.46. The third-order valence-corrected chi connectivity index (χ3v) is 12.7. The summed E-state index contributed by atoms with van der Waals surface area (Å²) in [4.78, 5) is 26.6. The molecule has 0 bridgehead atoms. The van der Waals surface area contributed by atoms with Gasteiger partial charge in [0.15, 0.2) is 0 Å². The number of hydrogen-bond acceptors (Lipinski definition) is 16. The van der Waals surface area contributed by atoms with Gasteiger partial charge in [-0.2, -0.15) is 0 Å². The Balaban J connectivity index is 0.783. The van der Waals surface area contributed by atoms with Crippen molar-refractivity contribution in [3.05, 3.63) is 59.8 Å². The van der Waals surface area contributed by atoms with E-state index in [1.54, 1.807) is 6.92 Å². The fraction of sp³-hybridized carbons (Fsp3) is 0.763. The van der Waals surface area contributed by atoms with Crippen LogP contribution in [0, 0.1) is 5.41 Å². The topological polar surface area (TPSA) is 179 Å². The summed E-state index contributed by atoms with van der Waals surface area (Å²) in [6.45, 7) is 24.4. The molecule has 2 aliphatic rings. The number of carbonyl (C=O) groups excluding carboxylic acids is 2. The van der Waals surface area contributed by atoms with Crippen LogP contribution in [-0.4, -0.2) is 196 Å². The summed E-state index contributed by atoms with van der Waals surface area (Å²) < 4.78 is 70.5. The van der Waals surface area contributed by atoms with Gasteiger partial charge in [0.1, 0.15) is 11.5 Å². The Morgan fingerprint density at radius 3 is 1.22 bits per heavy atom. The molecule has 77 heavy (non-hydrogen) atoms. The molecule has 18 nitrogen and oxygen atoms in total. The minimum Gasteiger partial charge on any atom is -0.381 e. The average molecular weight is 1090 g/mol. The van der Waals surface area contributed by atoms with E-state index in [0.29, 0.717) is 178 Å². The number of ether oxygens (including phenoxy) is 12. The van der Waals surface area contributed by atoms with Crippen molar-refractivity contribution in [2.45, 2.75) is 130 Å². The maximum absolute atomic E-state index is 12.8. The minimum absolute atomic E-state index is 0.0442. The smallest absolute Gasteiger partial charge is 0.220 e. The highest BCUT2D eigenvalue weighted by Gasteiger charge is 2.36. The van der Waals surface area contributed by atoms with Gasteiger partial charge in [0.25, 0.3) is 0 Å². The van der Waals surface area contributed by atoms with Crippen molar-refractivity contribution in [3.63, 3.8) is 0 Å². The highest BCUT2D eigenvalue weighted by Crippen LogP contribution is 2.39. The normalized spacial score (nSPS) is 15.1. The number of rotatable bonds is 50. The second-order valence-electron chi connectivity index (χ2n) is 20.3.